The van der Waals surface area contributed by atoms with Crippen LogP contribution >= 0.6 is 0 Å². The Bertz CT molecular complexity index is 1640. The molecule has 6 atom stereocenters. The predicted octanol–water partition coefficient (Wildman–Crippen LogP) is 4.23. The van der Waals surface area contributed by atoms with E-state index >= 15 is 0 Å². The molecule has 2 heterocycles. The average Bonchev–Trinajstić information content (AvgIpc) is 3.14. The molecule has 280 valence electrons. The largest absolute Gasteiger partial charge is 0.493 e. The van der Waals surface area contributed by atoms with Crippen LogP contribution in [0.3, 0.4) is 0 Å². The molecule has 3 aromatic carbocycles. The summed E-state index contributed by atoms with van der Waals surface area (Å²) >= 11 is 0. The highest BCUT2D eigenvalue weighted by Crippen LogP contribution is 2.33. The van der Waals surface area contributed by atoms with Crippen LogP contribution in [0.25, 0.3) is 0 Å². The Morgan fingerprint density at radius 2 is 1.60 bits per heavy atom. The van der Waals surface area contributed by atoms with Gasteiger partial charge in [0.25, 0.3) is 0 Å². The molecule has 2 aliphatic heterocycles. The molecule has 2 saturated heterocycles. The molecule has 0 unspecified atom stereocenters. The van der Waals surface area contributed by atoms with Gasteiger partial charge in [0.05, 0.1) is 19.1 Å². The maximum Gasteiger partial charge on any atom is 0.344 e. The predicted molar refractivity (Wildman–Crippen MR) is 192 cm³/mol. The third-order valence-electron chi connectivity index (χ3n) is 9.23. The Labute approximate surface area is 304 Å². The van der Waals surface area contributed by atoms with E-state index in [4.69, 9.17) is 18.9 Å². The fraction of sp³-hybridized carbons (Fsp3) is 0.475. The summed E-state index contributed by atoms with van der Waals surface area (Å²) in [5.74, 6) is -1.70. The van der Waals surface area contributed by atoms with E-state index in [0.717, 1.165) is 43.6 Å². The molecule has 0 saturated carbocycles. The van der Waals surface area contributed by atoms with Gasteiger partial charge < -0.3 is 44.5 Å². The first-order valence-corrected chi connectivity index (χ1v) is 18.1. The maximum absolute atomic E-state index is 13.5. The molecule has 0 radical (unpaired) electrons. The molecule has 4 N–H and O–H groups in total. The van der Waals surface area contributed by atoms with Crippen molar-refractivity contribution in [2.75, 3.05) is 24.6 Å². The lowest BCUT2D eigenvalue weighted by atomic mass is 9.94. The van der Waals surface area contributed by atoms with Crippen molar-refractivity contribution in [3.8, 4) is 5.75 Å². The van der Waals surface area contributed by atoms with Crippen LogP contribution in [0.5, 0.6) is 5.75 Å². The van der Waals surface area contributed by atoms with Gasteiger partial charge in [0.15, 0.2) is 6.10 Å². The zero-order chi connectivity index (χ0) is 37.2. The number of nitrogens with zero attached hydrogens (tertiary/aromatic N) is 1. The van der Waals surface area contributed by atoms with Crippen LogP contribution in [0, 0.1) is 5.92 Å². The number of hydrogen-bond acceptors (Lipinski definition) is 11. The number of carbonyl (C=O) groups is 3. The van der Waals surface area contributed by atoms with Crippen LogP contribution in [0.4, 0.5) is 5.69 Å². The third-order valence-corrected chi connectivity index (χ3v) is 9.23. The molecule has 2 aliphatic rings. The molecule has 1 amide bonds. The van der Waals surface area contributed by atoms with Gasteiger partial charge in [0, 0.05) is 18.8 Å². The van der Waals surface area contributed by atoms with E-state index < -0.39 is 42.6 Å². The second kappa shape index (κ2) is 18.3. The van der Waals surface area contributed by atoms with Crippen LogP contribution in [0.15, 0.2) is 72.8 Å². The summed E-state index contributed by atoms with van der Waals surface area (Å²) in [6.07, 6.45) is -4.83. The quantitative estimate of drug-likeness (QED) is 0.177. The number of aliphatic hydroxyl groups excluding tert-OH is 3. The van der Waals surface area contributed by atoms with Crippen molar-refractivity contribution in [1.82, 2.24) is 5.32 Å². The van der Waals surface area contributed by atoms with Gasteiger partial charge in [-0.15, -0.1) is 0 Å². The first-order valence-electron chi connectivity index (χ1n) is 18.1. The number of piperidine rings is 1. The molecule has 3 aromatic rings. The molecule has 0 aromatic heterocycles. The van der Waals surface area contributed by atoms with Crippen molar-refractivity contribution in [3.63, 3.8) is 0 Å². The first-order chi connectivity index (χ1) is 25.0. The number of rotatable bonds is 14. The second-order valence-corrected chi connectivity index (χ2v) is 13.7. The molecule has 12 heteroatoms. The van der Waals surface area contributed by atoms with Crippen LogP contribution < -0.4 is 15.0 Å². The molecule has 0 aliphatic carbocycles. The normalized spacial score (nSPS) is 22.4. The van der Waals surface area contributed by atoms with E-state index in [9.17, 15) is 29.7 Å². The van der Waals surface area contributed by atoms with Crippen molar-refractivity contribution in [1.29, 1.82) is 0 Å². The summed E-state index contributed by atoms with van der Waals surface area (Å²) in [5.41, 5.74) is 3.50. The van der Waals surface area contributed by atoms with Crippen molar-refractivity contribution in [3.05, 3.63) is 95.1 Å². The van der Waals surface area contributed by atoms with Crippen molar-refractivity contribution >= 4 is 23.5 Å². The van der Waals surface area contributed by atoms with E-state index in [2.05, 4.69) is 36.2 Å². The van der Waals surface area contributed by atoms with Crippen LogP contribution in [0.1, 0.15) is 79.5 Å². The number of esters is 2. The molecular weight excluding hydrogens is 668 g/mol. The van der Waals surface area contributed by atoms with Crippen molar-refractivity contribution in [2.24, 2.45) is 5.92 Å². The monoisotopic (exact) mass is 718 g/mol. The number of anilines is 1. The van der Waals surface area contributed by atoms with Crippen molar-refractivity contribution < 1.29 is 48.7 Å². The standard InChI is InChI=1S/C40H50N2O10/c1-4-49-32-22-27(23-33(43)41-30(21-25(2)3)28-15-9-10-16-31(28)42-19-11-6-12-20-42)17-18-29(32)38(47)52-40-36(46)34(44)35(45)37(51-40)39(48)50-24-26-13-7-5-8-14-26/h5,7-10,13-18,22,25,30,34-37,40,44-46H,4,6,11-12,19-21,23-24H2,1-3H3,(H,41,43)/t30-,34-,35-,36+,37-,40-/m0/s1. The Morgan fingerprint density at radius 1 is 0.885 bits per heavy atom. The minimum atomic E-state index is -1.88. The van der Waals surface area contributed by atoms with Gasteiger partial charge in [-0.25, -0.2) is 9.59 Å². The van der Waals surface area contributed by atoms with E-state index in [1.54, 1.807) is 49.4 Å². The molecule has 52 heavy (non-hydrogen) atoms. The molecule has 5 rings (SSSR count). The number of para-hydroxylation sites is 1. The summed E-state index contributed by atoms with van der Waals surface area (Å²) in [7, 11) is 0. The van der Waals surface area contributed by atoms with Crippen LogP contribution in [0.2, 0.25) is 0 Å². The van der Waals surface area contributed by atoms with Gasteiger partial charge in [0.1, 0.15) is 36.2 Å². The second-order valence-electron chi connectivity index (χ2n) is 13.7. The van der Waals surface area contributed by atoms with Gasteiger partial charge >= 0.3 is 11.9 Å². The molecule has 12 nitrogen and oxygen atoms in total. The number of hydrogen-bond donors (Lipinski definition) is 4. The maximum atomic E-state index is 13.5. The van der Waals surface area contributed by atoms with E-state index in [-0.39, 0.29) is 42.9 Å². The molecule has 0 spiro atoms. The number of amides is 1. The van der Waals surface area contributed by atoms with Gasteiger partial charge in [-0.3, -0.25) is 4.79 Å². The van der Waals surface area contributed by atoms with E-state index in [1.165, 1.54) is 12.5 Å². The van der Waals surface area contributed by atoms with E-state index in [1.807, 2.05) is 12.1 Å². The summed E-state index contributed by atoms with van der Waals surface area (Å²) in [4.78, 5) is 42.1. The van der Waals surface area contributed by atoms with E-state index in [0.29, 0.717) is 17.0 Å². The number of carbonyl (C=O) groups excluding carboxylic acids is 3. The third kappa shape index (κ3) is 9.88. The summed E-state index contributed by atoms with van der Waals surface area (Å²) in [6.45, 7) is 8.06. The minimum Gasteiger partial charge on any atom is -0.493 e. The minimum absolute atomic E-state index is 0.0250. The van der Waals surface area contributed by atoms with Crippen LogP contribution in [-0.2, 0) is 36.8 Å². The SMILES string of the molecule is CCOc1cc(CC(=O)N[C@@H](CC(C)C)c2ccccc2N2CCCCC2)ccc1C(=O)O[C@@H]1O[C@H](C(=O)OCc2ccccc2)[C@@H](O)[C@H](O)[C@H]1O. The molecule has 0 bridgehead atoms. The molecular formula is C40H50N2O10. The van der Waals surface area contributed by atoms with Gasteiger partial charge in [0.2, 0.25) is 12.2 Å². The average molecular weight is 719 g/mol. The van der Waals surface area contributed by atoms with Crippen LogP contribution in [-0.4, -0.2) is 83.6 Å². The Balaban J connectivity index is 1.26. The highest BCUT2D eigenvalue weighted by Gasteiger charge is 2.49. The zero-order valence-corrected chi connectivity index (χ0v) is 30.0. The summed E-state index contributed by atoms with van der Waals surface area (Å²) < 4.78 is 21.9. The Hall–Kier alpha value is -4.49. The van der Waals surface area contributed by atoms with Gasteiger partial charge in [-0.2, -0.15) is 0 Å². The fourth-order valence-electron chi connectivity index (χ4n) is 6.61. The smallest absolute Gasteiger partial charge is 0.344 e. The first kappa shape index (κ1) is 38.7. The Morgan fingerprint density at radius 3 is 2.31 bits per heavy atom. The van der Waals surface area contributed by atoms with Crippen molar-refractivity contribution in [2.45, 2.75) is 96.2 Å². The topological polar surface area (TPSA) is 164 Å². The lowest BCUT2D eigenvalue weighted by Gasteiger charge is -2.38. The van der Waals surface area contributed by atoms with Gasteiger partial charge in [-0.1, -0.05) is 68.4 Å². The number of aliphatic hydroxyl groups is 3. The lowest BCUT2D eigenvalue weighted by Crippen LogP contribution is -2.60. The lowest BCUT2D eigenvalue weighted by molar-refractivity contribution is -0.280. The number of benzene rings is 3. The highest BCUT2D eigenvalue weighted by atomic mass is 16.7. The fourth-order valence-corrected chi connectivity index (χ4v) is 6.61. The Kier molecular flexibility index (Phi) is 13.6. The van der Waals surface area contributed by atoms with Gasteiger partial charge in [-0.05, 0) is 73.4 Å². The number of nitrogens with one attached hydrogen (secondary N) is 1. The number of ether oxygens (including phenoxy) is 4. The zero-order valence-electron chi connectivity index (χ0n) is 30.0. The highest BCUT2D eigenvalue weighted by molar-refractivity contribution is 5.93. The summed E-state index contributed by atoms with van der Waals surface area (Å²) in [5, 5.41) is 34.8. The molecule has 2 fully saturated rings. The summed E-state index contributed by atoms with van der Waals surface area (Å²) in [6, 6.07) is 21.5.